The molecule has 2 heterocycles. The third kappa shape index (κ3) is 7.07. The summed E-state index contributed by atoms with van der Waals surface area (Å²) in [5.74, 6) is 2.73. The first kappa shape index (κ1) is 26.2. The van der Waals surface area contributed by atoms with Crippen molar-refractivity contribution in [3.63, 3.8) is 0 Å². The average molecular weight is 518 g/mol. The van der Waals surface area contributed by atoms with Gasteiger partial charge in [-0.15, -0.1) is 0 Å². The number of H-pyrrole nitrogens is 1. The van der Waals surface area contributed by atoms with Crippen LogP contribution in [0, 0.1) is 29.4 Å². The molecule has 194 valence electrons. The van der Waals surface area contributed by atoms with Crippen molar-refractivity contribution in [1.82, 2.24) is 14.9 Å². The van der Waals surface area contributed by atoms with Crippen molar-refractivity contribution >= 4 is 11.6 Å². The first-order valence-electron chi connectivity index (χ1n) is 11.4. The van der Waals surface area contributed by atoms with Gasteiger partial charge in [0.05, 0.1) is 18.5 Å². The van der Waals surface area contributed by atoms with E-state index >= 15 is 0 Å². The van der Waals surface area contributed by atoms with Gasteiger partial charge >= 0.3 is 12.1 Å². The molecule has 0 saturated carbocycles. The molecule has 0 spiro atoms. The van der Waals surface area contributed by atoms with Gasteiger partial charge in [0, 0.05) is 23.1 Å². The zero-order chi connectivity index (χ0) is 26.6. The molecule has 0 radical (unpaired) electrons. The Labute approximate surface area is 209 Å². The van der Waals surface area contributed by atoms with Crippen molar-refractivity contribution in [2.45, 2.75) is 19.0 Å². The van der Waals surface area contributed by atoms with Crippen molar-refractivity contribution in [3.8, 4) is 29.0 Å². The molecule has 0 aliphatic carbocycles. The lowest BCUT2D eigenvalue weighted by atomic mass is 9.98. The maximum absolute atomic E-state index is 13.4. The SMILES string of the molecule is CN1CCC(COc2ccc(-c3ncc(C(F)(F)F)[nH]3)cc2NC(=O)C#Cc2cc(F)cc(F)c2)CC1. The molecule has 37 heavy (non-hydrogen) atoms. The molecule has 2 N–H and O–H groups in total. The number of carbonyl (C=O) groups is 1. The van der Waals surface area contributed by atoms with Crippen molar-refractivity contribution in [1.29, 1.82) is 0 Å². The Hall–Kier alpha value is -3.91. The highest BCUT2D eigenvalue weighted by molar-refractivity contribution is 6.05. The Balaban J connectivity index is 1.57. The Bertz CT molecular complexity index is 1310. The maximum atomic E-state index is 13.4. The van der Waals surface area contributed by atoms with E-state index in [9.17, 15) is 26.7 Å². The fourth-order valence-corrected chi connectivity index (χ4v) is 3.86. The molecule has 4 rings (SSSR count). The van der Waals surface area contributed by atoms with Gasteiger partial charge in [0.2, 0.25) is 0 Å². The number of likely N-dealkylation sites (tertiary alicyclic amines) is 1. The summed E-state index contributed by atoms with van der Waals surface area (Å²) in [6.45, 7) is 2.27. The summed E-state index contributed by atoms with van der Waals surface area (Å²) >= 11 is 0. The molecule has 1 aliphatic rings. The van der Waals surface area contributed by atoms with E-state index < -0.39 is 29.4 Å². The number of nitrogens with one attached hydrogen (secondary N) is 2. The number of alkyl halides is 3. The molecular formula is C26H23F5N4O2. The topological polar surface area (TPSA) is 70.2 Å². The van der Waals surface area contributed by atoms with E-state index in [0.29, 0.717) is 30.5 Å². The van der Waals surface area contributed by atoms with E-state index in [1.165, 1.54) is 18.2 Å². The number of carbonyl (C=O) groups excluding carboxylic acids is 1. The van der Waals surface area contributed by atoms with Gasteiger partial charge in [-0.05, 0) is 69.2 Å². The van der Waals surface area contributed by atoms with E-state index in [2.05, 4.69) is 32.0 Å². The number of rotatable bonds is 5. The maximum Gasteiger partial charge on any atom is 0.432 e. The van der Waals surface area contributed by atoms with Crippen molar-refractivity contribution < 1.29 is 31.5 Å². The molecule has 1 amide bonds. The molecule has 0 bridgehead atoms. The summed E-state index contributed by atoms with van der Waals surface area (Å²) in [6.07, 6.45) is -2.02. The highest BCUT2D eigenvalue weighted by Crippen LogP contribution is 2.33. The normalized spacial score (nSPS) is 14.6. The number of ether oxygens (including phenoxy) is 1. The third-order valence-corrected chi connectivity index (χ3v) is 5.88. The Morgan fingerprint density at radius 1 is 1.16 bits per heavy atom. The van der Waals surface area contributed by atoms with Gasteiger partial charge in [-0.3, -0.25) is 4.79 Å². The largest absolute Gasteiger partial charge is 0.491 e. The molecule has 1 saturated heterocycles. The Kier molecular flexibility index (Phi) is 7.78. The van der Waals surface area contributed by atoms with E-state index in [1.807, 2.05) is 7.05 Å². The lowest BCUT2D eigenvalue weighted by molar-refractivity contribution is -0.140. The van der Waals surface area contributed by atoms with Crippen molar-refractivity contribution in [3.05, 3.63) is 65.5 Å². The van der Waals surface area contributed by atoms with Crippen LogP contribution in [0.15, 0.2) is 42.6 Å². The number of halogens is 5. The van der Waals surface area contributed by atoms with Gasteiger partial charge in [0.15, 0.2) is 0 Å². The number of hydrogen-bond donors (Lipinski definition) is 2. The quantitative estimate of drug-likeness (QED) is 0.365. The van der Waals surface area contributed by atoms with Crippen LogP contribution in [0.5, 0.6) is 5.75 Å². The van der Waals surface area contributed by atoms with E-state index in [4.69, 9.17) is 4.74 Å². The molecular weight excluding hydrogens is 495 g/mol. The summed E-state index contributed by atoms with van der Waals surface area (Å²) in [6, 6.07) is 7.13. The van der Waals surface area contributed by atoms with Crippen molar-refractivity contribution in [2.75, 3.05) is 32.1 Å². The zero-order valence-electron chi connectivity index (χ0n) is 19.8. The first-order valence-corrected chi connectivity index (χ1v) is 11.4. The van der Waals surface area contributed by atoms with Gasteiger partial charge in [-0.25, -0.2) is 13.8 Å². The number of imidazole rings is 1. The predicted octanol–water partition coefficient (Wildman–Crippen LogP) is 5.08. The van der Waals surface area contributed by atoms with Crippen LogP contribution in [0.4, 0.5) is 27.6 Å². The van der Waals surface area contributed by atoms with Gasteiger partial charge in [0.1, 0.15) is 28.9 Å². The summed E-state index contributed by atoms with van der Waals surface area (Å²) in [5.41, 5.74) is -0.600. The van der Waals surface area contributed by atoms with Crippen LogP contribution in [0.3, 0.4) is 0 Å². The second-order valence-electron chi connectivity index (χ2n) is 8.77. The third-order valence-electron chi connectivity index (χ3n) is 5.88. The molecule has 0 atom stereocenters. The van der Waals surface area contributed by atoms with Crippen LogP contribution in [0.1, 0.15) is 24.1 Å². The number of aromatic amines is 1. The van der Waals surface area contributed by atoms with E-state index in [1.54, 1.807) is 0 Å². The van der Waals surface area contributed by atoms with Gasteiger partial charge in [-0.2, -0.15) is 13.2 Å². The van der Waals surface area contributed by atoms with Crippen LogP contribution < -0.4 is 10.1 Å². The number of hydrogen-bond acceptors (Lipinski definition) is 4. The fraction of sp³-hybridized carbons (Fsp3) is 0.308. The lowest BCUT2D eigenvalue weighted by Crippen LogP contribution is -2.32. The average Bonchev–Trinajstić information content (AvgIpc) is 3.34. The van der Waals surface area contributed by atoms with E-state index in [-0.39, 0.29) is 22.6 Å². The number of nitrogens with zero attached hydrogens (tertiary/aromatic N) is 2. The van der Waals surface area contributed by atoms with Gasteiger partial charge in [0.25, 0.3) is 0 Å². The van der Waals surface area contributed by atoms with Gasteiger partial charge < -0.3 is 19.9 Å². The molecule has 6 nitrogen and oxygen atoms in total. The predicted molar refractivity (Wildman–Crippen MR) is 127 cm³/mol. The zero-order valence-corrected chi connectivity index (χ0v) is 19.8. The summed E-state index contributed by atoms with van der Waals surface area (Å²) in [4.78, 5) is 20.8. The number of anilines is 1. The van der Waals surface area contributed by atoms with Gasteiger partial charge in [-0.1, -0.05) is 5.92 Å². The Morgan fingerprint density at radius 3 is 2.51 bits per heavy atom. The number of benzene rings is 2. The van der Waals surface area contributed by atoms with Crippen LogP contribution in [0.2, 0.25) is 0 Å². The highest BCUT2D eigenvalue weighted by atomic mass is 19.4. The van der Waals surface area contributed by atoms with Crippen LogP contribution in [0.25, 0.3) is 11.4 Å². The minimum atomic E-state index is -4.59. The summed E-state index contributed by atoms with van der Waals surface area (Å²) in [7, 11) is 2.04. The Morgan fingerprint density at radius 2 is 1.86 bits per heavy atom. The molecule has 1 aliphatic heterocycles. The molecule has 0 unspecified atom stereocenters. The summed E-state index contributed by atoms with van der Waals surface area (Å²) < 4.78 is 71.7. The standard InChI is InChI=1S/C26H23F5N4O2/c1-35-8-6-16(7-9-35)15-37-22-4-3-18(25-32-14-23(34-25)26(29,30)31)12-21(22)33-24(36)5-2-17-10-19(27)13-20(28)11-17/h3-4,10-14,16H,6-9,15H2,1H3,(H,32,34)(H,33,36). The minimum Gasteiger partial charge on any atom is -0.491 e. The molecule has 2 aromatic carbocycles. The molecule has 11 heteroatoms. The molecule has 1 fully saturated rings. The lowest BCUT2D eigenvalue weighted by Gasteiger charge is -2.29. The second kappa shape index (κ2) is 11.0. The second-order valence-corrected chi connectivity index (χ2v) is 8.77. The van der Waals surface area contributed by atoms with Crippen LogP contribution in [-0.4, -0.2) is 47.5 Å². The number of amides is 1. The van der Waals surface area contributed by atoms with Crippen molar-refractivity contribution in [2.24, 2.45) is 5.92 Å². The fourth-order valence-electron chi connectivity index (χ4n) is 3.86. The highest BCUT2D eigenvalue weighted by Gasteiger charge is 2.33. The smallest absolute Gasteiger partial charge is 0.432 e. The monoisotopic (exact) mass is 518 g/mol. The molecule has 3 aromatic rings. The first-order chi connectivity index (χ1) is 17.6. The minimum absolute atomic E-state index is 0.0320. The summed E-state index contributed by atoms with van der Waals surface area (Å²) in [5, 5.41) is 2.55. The number of piperidine rings is 1. The number of aromatic nitrogens is 2. The molecule has 1 aromatic heterocycles. The van der Waals surface area contributed by atoms with Crippen LogP contribution >= 0.6 is 0 Å². The van der Waals surface area contributed by atoms with Crippen LogP contribution in [-0.2, 0) is 11.0 Å². The van der Waals surface area contributed by atoms with E-state index in [0.717, 1.165) is 38.1 Å².